The number of benzene rings is 1. The molecule has 146 valence electrons. The van der Waals surface area contributed by atoms with Crippen LogP contribution < -0.4 is 10.1 Å². The van der Waals surface area contributed by atoms with Crippen molar-refractivity contribution in [1.82, 2.24) is 5.32 Å². The van der Waals surface area contributed by atoms with E-state index in [1.54, 1.807) is 0 Å². The number of hydrogen-bond donors (Lipinski definition) is 1. The zero-order valence-corrected chi connectivity index (χ0v) is 16.8. The molecule has 0 atom stereocenters. The van der Waals surface area contributed by atoms with Crippen molar-refractivity contribution in [3.05, 3.63) is 29.8 Å². The second kappa shape index (κ2) is 12.0. The first-order chi connectivity index (χ1) is 12.6. The maximum Gasteiger partial charge on any atom is 0.258 e. The first-order valence-electron chi connectivity index (χ1n) is 10.7. The first-order valence-corrected chi connectivity index (χ1v) is 10.7. The molecule has 0 unspecified atom stereocenters. The third kappa shape index (κ3) is 8.25. The van der Waals surface area contributed by atoms with Gasteiger partial charge in [-0.05, 0) is 36.5 Å². The van der Waals surface area contributed by atoms with Crippen LogP contribution in [0.25, 0.3) is 0 Å². The van der Waals surface area contributed by atoms with E-state index in [1.807, 2.05) is 12.1 Å². The van der Waals surface area contributed by atoms with Crippen molar-refractivity contribution in [2.24, 2.45) is 0 Å². The molecule has 1 aliphatic carbocycles. The molecule has 0 spiro atoms. The van der Waals surface area contributed by atoms with Gasteiger partial charge in [0, 0.05) is 6.04 Å². The van der Waals surface area contributed by atoms with E-state index in [-0.39, 0.29) is 12.5 Å². The summed E-state index contributed by atoms with van der Waals surface area (Å²) in [6, 6.07) is 8.38. The lowest BCUT2D eigenvalue weighted by molar-refractivity contribution is -0.123. The molecule has 3 heteroatoms. The number of carbonyl (C=O) groups excluding carboxylic acids is 1. The molecule has 0 aliphatic heterocycles. The van der Waals surface area contributed by atoms with E-state index >= 15 is 0 Å². The van der Waals surface area contributed by atoms with E-state index in [0.717, 1.165) is 18.6 Å². The van der Waals surface area contributed by atoms with Crippen molar-refractivity contribution < 1.29 is 9.53 Å². The van der Waals surface area contributed by atoms with Gasteiger partial charge in [0.05, 0.1) is 0 Å². The van der Waals surface area contributed by atoms with Gasteiger partial charge in [0.25, 0.3) is 5.91 Å². The smallest absolute Gasteiger partial charge is 0.258 e. The van der Waals surface area contributed by atoms with Gasteiger partial charge in [0.2, 0.25) is 0 Å². The lowest BCUT2D eigenvalue weighted by Gasteiger charge is -2.19. The lowest BCUT2D eigenvalue weighted by Crippen LogP contribution is -2.38. The molecule has 0 saturated heterocycles. The normalized spacial score (nSPS) is 18.0. The molecule has 0 heterocycles. The van der Waals surface area contributed by atoms with Gasteiger partial charge in [-0.25, -0.2) is 0 Å². The maximum absolute atomic E-state index is 12.3. The molecular weight excluding hydrogens is 322 g/mol. The minimum Gasteiger partial charge on any atom is -0.484 e. The van der Waals surface area contributed by atoms with Crippen LogP contribution >= 0.6 is 0 Å². The summed E-state index contributed by atoms with van der Waals surface area (Å²) in [7, 11) is 0. The highest BCUT2D eigenvalue weighted by Crippen LogP contribution is 2.19. The quantitative estimate of drug-likeness (QED) is 0.702. The Morgan fingerprint density at radius 3 is 1.92 bits per heavy atom. The van der Waals surface area contributed by atoms with Crippen molar-refractivity contribution in [3.8, 4) is 5.75 Å². The number of rotatable bonds is 5. The molecule has 1 aromatic rings. The van der Waals surface area contributed by atoms with Gasteiger partial charge in [-0.15, -0.1) is 0 Å². The van der Waals surface area contributed by atoms with Crippen LogP contribution in [0.5, 0.6) is 5.75 Å². The molecule has 1 aliphatic rings. The van der Waals surface area contributed by atoms with Crippen LogP contribution in [0.4, 0.5) is 0 Å². The number of amides is 1. The van der Waals surface area contributed by atoms with Crippen LogP contribution in [0.3, 0.4) is 0 Å². The summed E-state index contributed by atoms with van der Waals surface area (Å²) in [5, 5.41) is 3.21. The van der Waals surface area contributed by atoms with Gasteiger partial charge in [-0.2, -0.15) is 0 Å². The first kappa shape index (κ1) is 20.8. The Hall–Kier alpha value is -1.51. The van der Waals surface area contributed by atoms with Crippen molar-refractivity contribution in [2.45, 2.75) is 96.4 Å². The summed E-state index contributed by atoms with van der Waals surface area (Å²) in [4.78, 5) is 12.3. The topological polar surface area (TPSA) is 38.3 Å². The fourth-order valence-corrected chi connectivity index (χ4v) is 3.67. The van der Waals surface area contributed by atoms with Crippen molar-refractivity contribution in [3.63, 3.8) is 0 Å². The zero-order chi connectivity index (χ0) is 18.6. The maximum atomic E-state index is 12.3. The fraction of sp³-hybridized carbons (Fsp3) is 0.696. The van der Waals surface area contributed by atoms with Crippen LogP contribution in [-0.2, 0) is 4.79 Å². The molecular formula is C23H37NO2. The molecule has 1 amide bonds. The monoisotopic (exact) mass is 359 g/mol. The highest BCUT2D eigenvalue weighted by molar-refractivity contribution is 5.77. The van der Waals surface area contributed by atoms with Crippen LogP contribution in [0, 0.1) is 0 Å². The van der Waals surface area contributed by atoms with Crippen molar-refractivity contribution in [2.75, 3.05) is 6.61 Å². The van der Waals surface area contributed by atoms with Gasteiger partial charge in [0.1, 0.15) is 5.75 Å². The van der Waals surface area contributed by atoms with Gasteiger partial charge in [-0.3, -0.25) is 4.79 Å². The number of hydrogen-bond acceptors (Lipinski definition) is 2. The molecule has 1 N–H and O–H groups in total. The van der Waals surface area contributed by atoms with E-state index in [1.165, 1.54) is 63.4 Å². The Kier molecular flexibility index (Phi) is 9.58. The van der Waals surface area contributed by atoms with Gasteiger partial charge in [0.15, 0.2) is 6.61 Å². The Bertz CT molecular complexity index is 497. The predicted octanol–water partition coefficient (Wildman–Crippen LogP) is 5.98. The lowest BCUT2D eigenvalue weighted by atomic mass is 9.98. The fourth-order valence-electron chi connectivity index (χ4n) is 3.67. The average molecular weight is 360 g/mol. The molecule has 0 aromatic heterocycles. The number of nitrogens with one attached hydrogen (secondary N) is 1. The van der Waals surface area contributed by atoms with E-state index in [9.17, 15) is 4.79 Å². The van der Waals surface area contributed by atoms with Gasteiger partial charge < -0.3 is 10.1 Å². The summed E-state index contributed by atoms with van der Waals surface area (Å²) < 4.78 is 5.67. The second-order valence-electron chi connectivity index (χ2n) is 8.04. The summed E-state index contributed by atoms with van der Waals surface area (Å²) in [6.45, 7) is 4.45. The summed E-state index contributed by atoms with van der Waals surface area (Å²) >= 11 is 0. The molecule has 0 radical (unpaired) electrons. The molecule has 0 bridgehead atoms. The number of carbonyl (C=O) groups is 1. The summed E-state index contributed by atoms with van der Waals surface area (Å²) in [5.41, 5.74) is 1.29. The molecule has 1 saturated carbocycles. The second-order valence-corrected chi connectivity index (χ2v) is 8.04. The molecule has 1 aromatic carbocycles. The van der Waals surface area contributed by atoms with E-state index in [0.29, 0.717) is 12.0 Å². The summed E-state index contributed by atoms with van der Waals surface area (Å²) in [5.74, 6) is 1.28. The number of ether oxygens (including phenoxy) is 1. The predicted molar refractivity (Wildman–Crippen MR) is 109 cm³/mol. The SMILES string of the molecule is CC(C)c1ccc(OCC(=O)NC2CCCCCCCCCCC2)cc1. The van der Waals surface area contributed by atoms with E-state index in [4.69, 9.17) is 4.74 Å². The highest BCUT2D eigenvalue weighted by atomic mass is 16.5. The molecule has 2 rings (SSSR count). The Morgan fingerprint density at radius 2 is 1.42 bits per heavy atom. The van der Waals surface area contributed by atoms with Crippen LogP contribution in [0.15, 0.2) is 24.3 Å². The van der Waals surface area contributed by atoms with Crippen LogP contribution in [0.1, 0.15) is 96.0 Å². The highest BCUT2D eigenvalue weighted by Gasteiger charge is 2.13. The third-order valence-corrected chi connectivity index (χ3v) is 5.39. The molecule has 26 heavy (non-hydrogen) atoms. The Balaban J connectivity index is 1.74. The van der Waals surface area contributed by atoms with E-state index < -0.39 is 0 Å². The van der Waals surface area contributed by atoms with E-state index in [2.05, 4.69) is 31.3 Å². The van der Waals surface area contributed by atoms with Crippen molar-refractivity contribution in [1.29, 1.82) is 0 Å². The Labute approximate surface area is 159 Å². The van der Waals surface area contributed by atoms with Gasteiger partial charge in [-0.1, -0.05) is 83.8 Å². The van der Waals surface area contributed by atoms with Crippen LogP contribution in [0.2, 0.25) is 0 Å². The average Bonchev–Trinajstić information content (AvgIpc) is 2.62. The zero-order valence-electron chi connectivity index (χ0n) is 16.8. The standard InChI is InChI=1S/C23H37NO2/c1-19(2)20-14-16-22(17-15-20)26-18-23(25)24-21-12-10-8-6-4-3-5-7-9-11-13-21/h14-17,19,21H,3-13,18H2,1-2H3,(H,24,25). The third-order valence-electron chi connectivity index (χ3n) is 5.39. The summed E-state index contributed by atoms with van der Waals surface area (Å²) in [6.07, 6.45) is 14.1. The molecule has 3 nitrogen and oxygen atoms in total. The minimum absolute atomic E-state index is 0.00929. The molecule has 1 fully saturated rings. The van der Waals surface area contributed by atoms with Gasteiger partial charge >= 0.3 is 0 Å². The largest absolute Gasteiger partial charge is 0.484 e. The van der Waals surface area contributed by atoms with Crippen molar-refractivity contribution >= 4 is 5.91 Å². The minimum atomic E-state index is 0.00929. The van der Waals surface area contributed by atoms with Crippen LogP contribution in [-0.4, -0.2) is 18.6 Å². The Morgan fingerprint density at radius 1 is 0.923 bits per heavy atom.